The number of nitrogen functional groups attached to an aromatic ring is 1. The number of anilines is 1. The van der Waals surface area contributed by atoms with Crippen molar-refractivity contribution >= 4 is 11.5 Å². The first-order valence-electron chi connectivity index (χ1n) is 8.39. The molecule has 4 heteroatoms. The van der Waals surface area contributed by atoms with Crippen molar-refractivity contribution in [2.45, 2.75) is 53.0 Å². The number of carbonyl (C=O) groups is 1. The molecule has 0 saturated heterocycles. The molecule has 1 aromatic carbocycles. The average Bonchev–Trinajstić information content (AvgIpc) is 2.53. The van der Waals surface area contributed by atoms with Crippen molar-refractivity contribution in [3.05, 3.63) is 23.8 Å². The molecule has 0 aliphatic carbocycles. The highest BCUT2D eigenvalue weighted by Crippen LogP contribution is 2.24. The Hall–Kier alpha value is -1.55. The van der Waals surface area contributed by atoms with Crippen LogP contribution in [0.15, 0.2) is 18.2 Å². The summed E-state index contributed by atoms with van der Waals surface area (Å²) in [5.74, 6) is 0.792. The van der Waals surface area contributed by atoms with Gasteiger partial charge in [-0.15, -0.1) is 0 Å². The number of hydrogen-bond donors (Lipinski definition) is 1. The van der Waals surface area contributed by atoms with E-state index in [1.807, 2.05) is 13.0 Å². The van der Waals surface area contributed by atoms with Crippen LogP contribution in [0.3, 0.4) is 0 Å². The number of Topliss-reactive ketones (excluding diaryl/α,β-unsaturated/α-hetero) is 1. The summed E-state index contributed by atoms with van der Waals surface area (Å²) in [5.41, 5.74) is 7.18. The van der Waals surface area contributed by atoms with Crippen LogP contribution in [0.25, 0.3) is 0 Å². The molecule has 124 valence electrons. The lowest BCUT2D eigenvalue weighted by Crippen LogP contribution is -2.41. The number of hydrogen-bond acceptors (Lipinski definition) is 4. The van der Waals surface area contributed by atoms with E-state index in [0.29, 0.717) is 23.6 Å². The third-order valence-electron chi connectivity index (χ3n) is 3.93. The summed E-state index contributed by atoms with van der Waals surface area (Å²) in [5, 5.41) is 0. The topological polar surface area (TPSA) is 55.6 Å². The van der Waals surface area contributed by atoms with Crippen LogP contribution >= 0.6 is 0 Å². The molecule has 0 spiro atoms. The van der Waals surface area contributed by atoms with E-state index in [-0.39, 0.29) is 11.8 Å². The normalized spacial score (nSPS) is 12.4. The third-order valence-corrected chi connectivity index (χ3v) is 3.93. The summed E-state index contributed by atoms with van der Waals surface area (Å²) in [4.78, 5) is 15.1. The van der Waals surface area contributed by atoms with Gasteiger partial charge in [0.15, 0.2) is 5.78 Å². The lowest BCUT2D eigenvalue weighted by Gasteiger charge is -2.29. The summed E-state index contributed by atoms with van der Waals surface area (Å²) in [6.07, 6.45) is 3.06. The molecule has 1 rings (SSSR count). The van der Waals surface area contributed by atoms with Crippen LogP contribution in [-0.4, -0.2) is 36.4 Å². The summed E-state index contributed by atoms with van der Waals surface area (Å²) in [6.45, 7) is 10.7. The third kappa shape index (κ3) is 4.73. The highest BCUT2D eigenvalue weighted by molar-refractivity contribution is 6.01. The van der Waals surface area contributed by atoms with Gasteiger partial charge in [0, 0.05) is 5.56 Å². The fourth-order valence-electron chi connectivity index (χ4n) is 2.69. The molecular formula is C18H30N2O2. The summed E-state index contributed by atoms with van der Waals surface area (Å²) < 4.78 is 5.43. The van der Waals surface area contributed by atoms with E-state index >= 15 is 0 Å². The molecule has 0 fully saturated rings. The van der Waals surface area contributed by atoms with Crippen molar-refractivity contribution in [1.82, 2.24) is 4.90 Å². The molecule has 0 bridgehead atoms. The Kier molecular flexibility index (Phi) is 7.96. The number of rotatable bonds is 10. The van der Waals surface area contributed by atoms with E-state index in [2.05, 4.69) is 25.7 Å². The SMILES string of the molecule is CCCCN(CC)C(CC)C(=O)c1ccc(OCC)c(N)c1. The number of nitrogens with zero attached hydrogens (tertiary/aromatic N) is 1. The van der Waals surface area contributed by atoms with Gasteiger partial charge in [-0.25, -0.2) is 0 Å². The standard InChI is InChI=1S/C18H30N2O2/c1-5-9-12-20(7-3)16(6-2)18(21)14-10-11-17(22-8-4)15(19)13-14/h10-11,13,16H,5-9,12,19H2,1-4H3. The van der Waals surface area contributed by atoms with Gasteiger partial charge in [-0.2, -0.15) is 0 Å². The number of likely N-dealkylation sites (N-methyl/N-ethyl adjacent to an activating group) is 1. The summed E-state index contributed by atoms with van der Waals surface area (Å²) in [7, 11) is 0. The summed E-state index contributed by atoms with van der Waals surface area (Å²) >= 11 is 0. The second kappa shape index (κ2) is 9.46. The van der Waals surface area contributed by atoms with Gasteiger partial charge < -0.3 is 10.5 Å². The highest BCUT2D eigenvalue weighted by atomic mass is 16.5. The molecule has 0 saturated carbocycles. The maximum atomic E-state index is 12.8. The Morgan fingerprint density at radius 3 is 2.50 bits per heavy atom. The maximum Gasteiger partial charge on any atom is 0.180 e. The minimum absolute atomic E-state index is 0.0751. The molecule has 22 heavy (non-hydrogen) atoms. The Morgan fingerprint density at radius 1 is 1.27 bits per heavy atom. The lowest BCUT2D eigenvalue weighted by atomic mass is 9.99. The van der Waals surface area contributed by atoms with Crippen molar-refractivity contribution < 1.29 is 9.53 Å². The molecule has 0 heterocycles. The Balaban J connectivity index is 2.93. The number of nitrogens with two attached hydrogens (primary N) is 1. The van der Waals surface area contributed by atoms with Gasteiger partial charge in [0.1, 0.15) is 5.75 Å². The van der Waals surface area contributed by atoms with Crippen LogP contribution in [-0.2, 0) is 0 Å². The molecule has 4 nitrogen and oxygen atoms in total. The van der Waals surface area contributed by atoms with Crippen LogP contribution in [0.1, 0.15) is 57.3 Å². The van der Waals surface area contributed by atoms with Crippen molar-refractivity contribution in [1.29, 1.82) is 0 Å². The molecule has 0 aromatic heterocycles. The van der Waals surface area contributed by atoms with Crippen molar-refractivity contribution in [3.8, 4) is 5.75 Å². The van der Waals surface area contributed by atoms with Gasteiger partial charge >= 0.3 is 0 Å². The van der Waals surface area contributed by atoms with Crippen LogP contribution in [0.5, 0.6) is 5.75 Å². The van der Waals surface area contributed by atoms with Crippen LogP contribution in [0.4, 0.5) is 5.69 Å². The van der Waals surface area contributed by atoms with E-state index < -0.39 is 0 Å². The minimum Gasteiger partial charge on any atom is -0.492 e. The van der Waals surface area contributed by atoms with E-state index in [1.54, 1.807) is 12.1 Å². The average molecular weight is 306 g/mol. The Labute approximate surface area is 134 Å². The number of carbonyl (C=O) groups excluding carboxylic acids is 1. The quantitative estimate of drug-likeness (QED) is 0.528. The Bertz CT molecular complexity index is 474. The van der Waals surface area contributed by atoms with Gasteiger partial charge in [0.2, 0.25) is 0 Å². The van der Waals surface area contributed by atoms with Crippen molar-refractivity contribution in [2.75, 3.05) is 25.4 Å². The van der Waals surface area contributed by atoms with Crippen LogP contribution in [0.2, 0.25) is 0 Å². The molecule has 1 aromatic rings. The number of ketones is 1. The zero-order valence-electron chi connectivity index (χ0n) is 14.4. The first kappa shape index (κ1) is 18.5. The second-order valence-electron chi connectivity index (χ2n) is 5.46. The fourth-order valence-corrected chi connectivity index (χ4v) is 2.69. The van der Waals surface area contributed by atoms with E-state index in [4.69, 9.17) is 10.5 Å². The molecular weight excluding hydrogens is 276 g/mol. The zero-order valence-corrected chi connectivity index (χ0v) is 14.4. The predicted molar refractivity (Wildman–Crippen MR) is 92.6 cm³/mol. The van der Waals surface area contributed by atoms with Gasteiger partial charge in [-0.05, 0) is 51.1 Å². The van der Waals surface area contributed by atoms with Crippen LogP contribution < -0.4 is 10.5 Å². The molecule has 2 N–H and O–H groups in total. The van der Waals surface area contributed by atoms with Crippen molar-refractivity contribution in [2.24, 2.45) is 0 Å². The maximum absolute atomic E-state index is 12.8. The van der Waals surface area contributed by atoms with E-state index in [1.165, 1.54) is 0 Å². The number of ether oxygens (including phenoxy) is 1. The van der Waals surface area contributed by atoms with Gasteiger partial charge in [0.05, 0.1) is 18.3 Å². The largest absolute Gasteiger partial charge is 0.492 e. The smallest absolute Gasteiger partial charge is 0.180 e. The fraction of sp³-hybridized carbons (Fsp3) is 0.611. The number of unbranched alkanes of at least 4 members (excludes halogenated alkanes) is 1. The minimum atomic E-state index is -0.0751. The van der Waals surface area contributed by atoms with Gasteiger partial charge in [-0.3, -0.25) is 9.69 Å². The molecule has 1 unspecified atom stereocenters. The van der Waals surface area contributed by atoms with Gasteiger partial charge in [-0.1, -0.05) is 27.2 Å². The first-order chi connectivity index (χ1) is 10.6. The molecule has 0 aliphatic heterocycles. The predicted octanol–water partition coefficient (Wildman–Crippen LogP) is 3.75. The van der Waals surface area contributed by atoms with Crippen LogP contribution in [0, 0.1) is 0 Å². The van der Waals surface area contributed by atoms with E-state index in [0.717, 1.165) is 32.4 Å². The zero-order chi connectivity index (χ0) is 16.5. The molecule has 1 atom stereocenters. The molecule has 0 aliphatic rings. The van der Waals surface area contributed by atoms with Crippen molar-refractivity contribution in [3.63, 3.8) is 0 Å². The molecule has 0 amide bonds. The second-order valence-corrected chi connectivity index (χ2v) is 5.46. The highest BCUT2D eigenvalue weighted by Gasteiger charge is 2.24. The van der Waals surface area contributed by atoms with E-state index in [9.17, 15) is 4.79 Å². The first-order valence-corrected chi connectivity index (χ1v) is 8.39. The summed E-state index contributed by atoms with van der Waals surface area (Å²) in [6, 6.07) is 5.28. The number of benzene rings is 1. The lowest BCUT2D eigenvalue weighted by molar-refractivity contribution is 0.0816. The van der Waals surface area contributed by atoms with Gasteiger partial charge in [0.25, 0.3) is 0 Å². The molecule has 0 radical (unpaired) electrons. The Morgan fingerprint density at radius 2 is 2.00 bits per heavy atom. The monoisotopic (exact) mass is 306 g/mol.